The predicted octanol–water partition coefficient (Wildman–Crippen LogP) is 0.856. The van der Waals surface area contributed by atoms with Crippen molar-refractivity contribution in [3.8, 4) is 0 Å². The summed E-state index contributed by atoms with van der Waals surface area (Å²) in [5.41, 5.74) is -1.03. The Morgan fingerprint density at radius 2 is 1.82 bits per heavy atom. The van der Waals surface area contributed by atoms with E-state index in [9.17, 15) is 13.5 Å². The summed E-state index contributed by atoms with van der Waals surface area (Å²) in [7, 11) is -1.86. The van der Waals surface area contributed by atoms with Crippen molar-refractivity contribution in [2.75, 3.05) is 13.6 Å². The lowest BCUT2D eigenvalue weighted by Gasteiger charge is -2.31. The molecule has 0 radical (unpaired) electrons. The normalized spacial score (nSPS) is 19.8. The van der Waals surface area contributed by atoms with Crippen molar-refractivity contribution in [1.29, 1.82) is 0 Å². The molecule has 1 aliphatic rings. The molecule has 0 spiro atoms. The highest BCUT2D eigenvalue weighted by Crippen LogP contribution is 2.23. The Hall–Kier alpha value is -0.170. The summed E-state index contributed by atoms with van der Waals surface area (Å²) in [5.74, 6) is 0. The van der Waals surface area contributed by atoms with E-state index in [1.165, 1.54) is 10.7 Å². The lowest BCUT2D eigenvalue weighted by molar-refractivity contribution is 0.0850. The lowest BCUT2D eigenvalue weighted by atomic mass is 9.96. The van der Waals surface area contributed by atoms with E-state index in [2.05, 4.69) is 4.72 Å². The molecule has 6 heteroatoms. The SMILES string of the molecule is CN(C1CCCCC1)S(=O)(=O)NCC(C)(C)O. The minimum atomic E-state index is -3.47. The molecule has 0 saturated heterocycles. The van der Waals surface area contributed by atoms with Crippen molar-refractivity contribution in [3.05, 3.63) is 0 Å². The minimum absolute atomic E-state index is 0.0341. The monoisotopic (exact) mass is 264 g/mol. The maximum atomic E-state index is 12.0. The molecular weight excluding hydrogens is 240 g/mol. The molecule has 2 N–H and O–H groups in total. The highest BCUT2D eigenvalue weighted by Gasteiger charge is 2.28. The average Bonchev–Trinajstić information content (AvgIpc) is 2.26. The first-order chi connectivity index (χ1) is 7.72. The van der Waals surface area contributed by atoms with Gasteiger partial charge in [0, 0.05) is 19.6 Å². The van der Waals surface area contributed by atoms with Crippen LogP contribution in [0.3, 0.4) is 0 Å². The van der Waals surface area contributed by atoms with Gasteiger partial charge in [-0.15, -0.1) is 0 Å². The van der Waals surface area contributed by atoms with E-state index in [1.54, 1.807) is 20.9 Å². The Labute approximate surface area is 104 Å². The van der Waals surface area contributed by atoms with Crippen LogP contribution in [0.25, 0.3) is 0 Å². The molecule has 5 nitrogen and oxygen atoms in total. The minimum Gasteiger partial charge on any atom is -0.389 e. The highest BCUT2D eigenvalue weighted by atomic mass is 32.2. The molecule has 0 aromatic carbocycles. The number of aliphatic hydroxyl groups is 1. The van der Waals surface area contributed by atoms with E-state index in [-0.39, 0.29) is 12.6 Å². The summed E-state index contributed by atoms with van der Waals surface area (Å²) < 4.78 is 27.8. The molecule has 1 rings (SSSR count). The second kappa shape index (κ2) is 5.65. The molecule has 1 aliphatic carbocycles. The molecule has 0 heterocycles. The maximum absolute atomic E-state index is 12.0. The lowest BCUT2D eigenvalue weighted by Crippen LogP contribution is -2.48. The van der Waals surface area contributed by atoms with Gasteiger partial charge in [-0.25, -0.2) is 0 Å². The van der Waals surface area contributed by atoms with E-state index in [4.69, 9.17) is 0 Å². The summed E-state index contributed by atoms with van der Waals surface area (Å²) in [6.07, 6.45) is 5.24. The predicted molar refractivity (Wildman–Crippen MR) is 67.9 cm³/mol. The molecule has 0 aliphatic heterocycles. The third kappa shape index (κ3) is 4.91. The van der Waals surface area contributed by atoms with Crippen molar-refractivity contribution in [2.45, 2.75) is 57.6 Å². The number of hydrogen-bond acceptors (Lipinski definition) is 3. The van der Waals surface area contributed by atoms with E-state index < -0.39 is 15.8 Å². The van der Waals surface area contributed by atoms with Gasteiger partial charge in [-0.1, -0.05) is 19.3 Å². The van der Waals surface area contributed by atoms with Crippen LogP contribution in [-0.2, 0) is 10.2 Å². The zero-order valence-electron chi connectivity index (χ0n) is 10.9. The zero-order chi connectivity index (χ0) is 13.1. The Morgan fingerprint density at radius 3 is 2.29 bits per heavy atom. The van der Waals surface area contributed by atoms with Gasteiger partial charge in [0.15, 0.2) is 0 Å². The smallest absolute Gasteiger partial charge is 0.279 e. The van der Waals surface area contributed by atoms with Crippen LogP contribution in [0.5, 0.6) is 0 Å². The van der Waals surface area contributed by atoms with Crippen LogP contribution >= 0.6 is 0 Å². The molecule has 0 aromatic heterocycles. The first kappa shape index (κ1) is 14.9. The van der Waals surface area contributed by atoms with E-state index in [0.717, 1.165) is 25.7 Å². The van der Waals surface area contributed by atoms with Crippen molar-refractivity contribution in [2.24, 2.45) is 0 Å². The molecule has 17 heavy (non-hydrogen) atoms. The third-order valence-corrected chi connectivity index (χ3v) is 4.72. The number of nitrogens with zero attached hydrogens (tertiary/aromatic N) is 1. The standard InChI is InChI=1S/C11H24N2O3S/c1-11(2,14)9-12-17(15,16)13(3)10-7-5-4-6-8-10/h10,12,14H,4-9H2,1-3H3. The summed E-state index contributed by atoms with van der Waals surface area (Å²) in [6, 6.07) is 0.100. The van der Waals surface area contributed by atoms with Gasteiger partial charge >= 0.3 is 0 Å². The van der Waals surface area contributed by atoms with Gasteiger partial charge in [0.2, 0.25) is 0 Å². The van der Waals surface area contributed by atoms with Crippen LogP contribution in [0.1, 0.15) is 46.0 Å². The molecule has 0 amide bonds. The largest absolute Gasteiger partial charge is 0.389 e. The number of nitrogens with one attached hydrogen (secondary N) is 1. The fraction of sp³-hybridized carbons (Fsp3) is 1.00. The zero-order valence-corrected chi connectivity index (χ0v) is 11.8. The van der Waals surface area contributed by atoms with Gasteiger partial charge in [0.05, 0.1) is 5.60 Å². The molecule has 1 saturated carbocycles. The van der Waals surface area contributed by atoms with Crippen molar-refractivity contribution in [3.63, 3.8) is 0 Å². The molecule has 102 valence electrons. The van der Waals surface area contributed by atoms with Crippen LogP contribution in [0.15, 0.2) is 0 Å². The first-order valence-corrected chi connectivity index (χ1v) is 7.61. The fourth-order valence-corrected chi connectivity index (χ4v) is 3.35. The molecule has 0 bridgehead atoms. The van der Waals surface area contributed by atoms with Crippen LogP contribution < -0.4 is 4.72 Å². The topological polar surface area (TPSA) is 69.6 Å². The van der Waals surface area contributed by atoms with Gasteiger partial charge in [0.1, 0.15) is 0 Å². The van der Waals surface area contributed by atoms with Crippen molar-refractivity contribution >= 4 is 10.2 Å². The first-order valence-electron chi connectivity index (χ1n) is 6.17. The Morgan fingerprint density at radius 1 is 1.29 bits per heavy atom. The molecule has 0 aromatic rings. The highest BCUT2D eigenvalue weighted by molar-refractivity contribution is 7.87. The van der Waals surface area contributed by atoms with Gasteiger partial charge in [0.25, 0.3) is 10.2 Å². The number of hydrogen-bond donors (Lipinski definition) is 2. The van der Waals surface area contributed by atoms with Crippen LogP contribution in [0.2, 0.25) is 0 Å². The maximum Gasteiger partial charge on any atom is 0.279 e. The van der Waals surface area contributed by atoms with Gasteiger partial charge in [-0.05, 0) is 26.7 Å². The Kier molecular flexibility index (Phi) is 4.95. The second-order valence-corrected chi connectivity index (χ2v) is 7.26. The summed E-state index contributed by atoms with van der Waals surface area (Å²) in [6.45, 7) is 3.19. The van der Waals surface area contributed by atoms with Gasteiger partial charge in [-0.2, -0.15) is 17.4 Å². The van der Waals surface area contributed by atoms with Crippen LogP contribution in [0, 0.1) is 0 Å². The van der Waals surface area contributed by atoms with E-state index in [0.29, 0.717) is 0 Å². The quantitative estimate of drug-likeness (QED) is 0.773. The van der Waals surface area contributed by atoms with Crippen LogP contribution in [-0.4, -0.2) is 43.1 Å². The summed E-state index contributed by atoms with van der Waals surface area (Å²) in [5, 5.41) is 9.53. The Balaban J connectivity index is 2.56. The van der Waals surface area contributed by atoms with Crippen molar-refractivity contribution < 1.29 is 13.5 Å². The molecule has 1 fully saturated rings. The van der Waals surface area contributed by atoms with E-state index in [1.807, 2.05) is 0 Å². The average molecular weight is 264 g/mol. The fourth-order valence-electron chi connectivity index (χ4n) is 2.01. The number of rotatable bonds is 5. The van der Waals surface area contributed by atoms with Crippen LogP contribution in [0.4, 0.5) is 0 Å². The summed E-state index contributed by atoms with van der Waals surface area (Å²) >= 11 is 0. The van der Waals surface area contributed by atoms with Gasteiger partial charge in [-0.3, -0.25) is 0 Å². The Bertz CT molecular complexity index is 329. The van der Waals surface area contributed by atoms with E-state index >= 15 is 0 Å². The summed E-state index contributed by atoms with van der Waals surface area (Å²) in [4.78, 5) is 0. The third-order valence-electron chi connectivity index (χ3n) is 3.16. The van der Waals surface area contributed by atoms with Gasteiger partial charge < -0.3 is 5.11 Å². The van der Waals surface area contributed by atoms with Crippen molar-refractivity contribution in [1.82, 2.24) is 9.03 Å². The second-order valence-electron chi connectivity index (χ2n) is 5.45. The molecule has 0 atom stereocenters. The molecule has 0 unspecified atom stereocenters. The molecular formula is C11H24N2O3S.